The summed E-state index contributed by atoms with van der Waals surface area (Å²) in [5, 5.41) is 7.00. The second kappa shape index (κ2) is 7.65. The van der Waals surface area contributed by atoms with Gasteiger partial charge in [-0.2, -0.15) is 13.2 Å². The average Bonchev–Trinajstić information content (AvgIpc) is 3.13. The summed E-state index contributed by atoms with van der Waals surface area (Å²) in [6.07, 6.45) is -4.90. The molecule has 0 saturated heterocycles. The van der Waals surface area contributed by atoms with Crippen molar-refractivity contribution in [3.63, 3.8) is 0 Å². The van der Waals surface area contributed by atoms with Gasteiger partial charge in [0.05, 0.1) is 5.69 Å². The zero-order chi connectivity index (χ0) is 21.3. The molecule has 2 aromatic carbocycles. The zero-order valence-corrected chi connectivity index (χ0v) is 15.9. The Kier molecular flexibility index (Phi) is 5.41. The largest absolute Gasteiger partial charge is 0.435 e. The maximum atomic E-state index is 13.8. The lowest BCUT2D eigenvalue weighted by atomic mass is 10.0. The molecule has 0 saturated carbocycles. The standard InChI is InChI=1S/C20H18F4N4O/c1-12(2)13-5-4-6-16(11-13)27(3)19(29)17-18(20(22,23)24)28(26-25-17)15-9-7-14(21)8-10-15/h4-12H,1-3H3. The van der Waals surface area contributed by atoms with Crippen LogP contribution in [0.5, 0.6) is 0 Å². The lowest BCUT2D eigenvalue weighted by Gasteiger charge is -2.19. The van der Waals surface area contributed by atoms with E-state index in [0.29, 0.717) is 10.4 Å². The van der Waals surface area contributed by atoms with E-state index in [4.69, 9.17) is 0 Å². The van der Waals surface area contributed by atoms with Crippen LogP contribution < -0.4 is 4.90 Å². The Morgan fingerprint density at radius 3 is 2.34 bits per heavy atom. The van der Waals surface area contributed by atoms with Crippen molar-refractivity contribution in [2.45, 2.75) is 25.9 Å². The monoisotopic (exact) mass is 406 g/mol. The van der Waals surface area contributed by atoms with Crippen LogP contribution in [0.25, 0.3) is 5.69 Å². The number of anilines is 1. The van der Waals surface area contributed by atoms with Crippen LogP contribution in [0.2, 0.25) is 0 Å². The van der Waals surface area contributed by atoms with E-state index in [1.54, 1.807) is 18.2 Å². The van der Waals surface area contributed by atoms with Crippen LogP contribution >= 0.6 is 0 Å². The Morgan fingerprint density at radius 1 is 1.10 bits per heavy atom. The third-order valence-electron chi connectivity index (χ3n) is 4.44. The highest BCUT2D eigenvalue weighted by Gasteiger charge is 2.42. The molecule has 0 aliphatic carbocycles. The number of alkyl halides is 3. The molecule has 1 heterocycles. The summed E-state index contributed by atoms with van der Waals surface area (Å²) in [5.74, 6) is -1.38. The summed E-state index contributed by atoms with van der Waals surface area (Å²) < 4.78 is 54.9. The molecule has 0 N–H and O–H groups in total. The van der Waals surface area contributed by atoms with Crippen molar-refractivity contribution >= 4 is 11.6 Å². The molecule has 1 amide bonds. The summed E-state index contributed by atoms with van der Waals surface area (Å²) >= 11 is 0. The van der Waals surface area contributed by atoms with Crippen LogP contribution in [-0.4, -0.2) is 27.9 Å². The van der Waals surface area contributed by atoms with Crippen molar-refractivity contribution < 1.29 is 22.4 Å². The number of aromatic nitrogens is 3. The van der Waals surface area contributed by atoms with E-state index in [1.807, 2.05) is 19.9 Å². The first-order valence-electron chi connectivity index (χ1n) is 8.76. The maximum Gasteiger partial charge on any atom is 0.435 e. The number of carbonyl (C=O) groups is 1. The SMILES string of the molecule is CC(C)c1cccc(N(C)C(=O)c2nnn(-c3ccc(F)cc3)c2C(F)(F)F)c1. The van der Waals surface area contributed by atoms with Crippen molar-refractivity contribution in [3.8, 4) is 5.69 Å². The molecule has 0 bridgehead atoms. The van der Waals surface area contributed by atoms with Gasteiger partial charge in [-0.3, -0.25) is 4.79 Å². The molecule has 0 aliphatic rings. The Labute approximate surface area is 164 Å². The van der Waals surface area contributed by atoms with Crippen LogP contribution in [0, 0.1) is 5.82 Å². The fraction of sp³-hybridized carbons (Fsp3) is 0.250. The predicted octanol–water partition coefficient (Wildman–Crippen LogP) is 4.83. The van der Waals surface area contributed by atoms with Gasteiger partial charge < -0.3 is 4.90 Å². The molecule has 0 fully saturated rings. The highest BCUT2D eigenvalue weighted by atomic mass is 19.4. The van der Waals surface area contributed by atoms with E-state index >= 15 is 0 Å². The van der Waals surface area contributed by atoms with Crippen molar-refractivity contribution in [3.05, 3.63) is 71.3 Å². The lowest BCUT2D eigenvalue weighted by molar-refractivity contribution is -0.143. The first kappa shape index (κ1) is 20.5. The summed E-state index contributed by atoms with van der Waals surface area (Å²) in [6.45, 7) is 3.94. The van der Waals surface area contributed by atoms with Gasteiger partial charge in [-0.1, -0.05) is 31.2 Å². The fourth-order valence-electron chi connectivity index (χ4n) is 2.81. The minimum atomic E-state index is -4.90. The van der Waals surface area contributed by atoms with Crippen LogP contribution in [-0.2, 0) is 6.18 Å². The number of rotatable bonds is 4. The van der Waals surface area contributed by atoms with Crippen molar-refractivity contribution in [2.75, 3.05) is 11.9 Å². The van der Waals surface area contributed by atoms with Gasteiger partial charge in [0.1, 0.15) is 5.82 Å². The fourth-order valence-corrected chi connectivity index (χ4v) is 2.81. The molecule has 0 aliphatic heterocycles. The van der Waals surface area contributed by atoms with E-state index < -0.39 is 29.3 Å². The van der Waals surface area contributed by atoms with Crippen LogP contribution in [0.3, 0.4) is 0 Å². The van der Waals surface area contributed by atoms with Gasteiger partial charge in [-0.15, -0.1) is 5.10 Å². The molecule has 3 aromatic rings. The van der Waals surface area contributed by atoms with Gasteiger partial charge in [-0.05, 0) is 47.9 Å². The normalized spacial score (nSPS) is 11.7. The van der Waals surface area contributed by atoms with Gasteiger partial charge in [0, 0.05) is 12.7 Å². The van der Waals surface area contributed by atoms with E-state index in [0.717, 1.165) is 34.7 Å². The quantitative estimate of drug-likeness (QED) is 0.584. The molecule has 3 rings (SSSR count). The summed E-state index contributed by atoms with van der Waals surface area (Å²) in [6, 6.07) is 11.2. The molecule has 0 unspecified atom stereocenters. The van der Waals surface area contributed by atoms with Gasteiger partial charge in [0.15, 0.2) is 11.4 Å². The Hall–Kier alpha value is -3.23. The van der Waals surface area contributed by atoms with E-state index in [9.17, 15) is 22.4 Å². The van der Waals surface area contributed by atoms with Crippen LogP contribution in [0.1, 0.15) is 41.5 Å². The van der Waals surface area contributed by atoms with E-state index in [2.05, 4.69) is 10.3 Å². The number of carbonyl (C=O) groups excluding carboxylic acids is 1. The summed E-state index contributed by atoms with van der Waals surface area (Å²) in [5.41, 5.74) is -0.839. The molecular formula is C20H18F4N4O. The minimum Gasteiger partial charge on any atom is -0.310 e. The molecule has 152 valence electrons. The maximum absolute atomic E-state index is 13.8. The first-order chi connectivity index (χ1) is 13.6. The zero-order valence-electron chi connectivity index (χ0n) is 15.9. The molecule has 0 spiro atoms. The summed E-state index contributed by atoms with van der Waals surface area (Å²) in [7, 11) is 1.37. The minimum absolute atomic E-state index is 0.0604. The van der Waals surface area contributed by atoms with Gasteiger partial charge in [-0.25, -0.2) is 9.07 Å². The smallest absolute Gasteiger partial charge is 0.310 e. The number of hydrogen-bond donors (Lipinski definition) is 0. The molecule has 0 radical (unpaired) electrons. The Balaban J connectivity index is 2.05. The Bertz CT molecular complexity index is 1030. The third-order valence-corrected chi connectivity index (χ3v) is 4.44. The molecular weight excluding hydrogens is 388 g/mol. The van der Waals surface area contributed by atoms with Gasteiger partial charge >= 0.3 is 6.18 Å². The molecule has 29 heavy (non-hydrogen) atoms. The van der Waals surface area contributed by atoms with Gasteiger partial charge in [0.25, 0.3) is 5.91 Å². The van der Waals surface area contributed by atoms with Crippen LogP contribution in [0.15, 0.2) is 48.5 Å². The van der Waals surface area contributed by atoms with Crippen LogP contribution in [0.4, 0.5) is 23.2 Å². The Morgan fingerprint density at radius 2 is 1.76 bits per heavy atom. The number of hydrogen-bond acceptors (Lipinski definition) is 3. The van der Waals surface area contributed by atoms with Crippen molar-refractivity contribution in [1.82, 2.24) is 15.0 Å². The highest BCUT2D eigenvalue weighted by Crippen LogP contribution is 2.34. The number of amides is 1. The molecule has 9 heteroatoms. The number of benzene rings is 2. The summed E-state index contributed by atoms with van der Waals surface area (Å²) in [4.78, 5) is 13.9. The third kappa shape index (κ3) is 4.13. The van der Waals surface area contributed by atoms with Gasteiger partial charge in [0.2, 0.25) is 0 Å². The van der Waals surface area contributed by atoms with E-state index in [-0.39, 0.29) is 11.6 Å². The molecule has 5 nitrogen and oxygen atoms in total. The topological polar surface area (TPSA) is 51.0 Å². The van der Waals surface area contributed by atoms with Crippen molar-refractivity contribution in [2.24, 2.45) is 0 Å². The lowest BCUT2D eigenvalue weighted by Crippen LogP contribution is -2.29. The average molecular weight is 406 g/mol. The molecule has 1 aromatic heterocycles. The molecule has 0 atom stereocenters. The number of halogens is 4. The first-order valence-corrected chi connectivity index (χ1v) is 8.76. The van der Waals surface area contributed by atoms with Crippen molar-refractivity contribution in [1.29, 1.82) is 0 Å². The number of nitrogens with zero attached hydrogens (tertiary/aromatic N) is 4. The van der Waals surface area contributed by atoms with E-state index in [1.165, 1.54) is 7.05 Å². The second-order valence-electron chi connectivity index (χ2n) is 6.79. The predicted molar refractivity (Wildman–Crippen MR) is 99.6 cm³/mol. The second-order valence-corrected chi connectivity index (χ2v) is 6.79. The highest BCUT2D eigenvalue weighted by molar-refractivity contribution is 6.05.